The van der Waals surface area contributed by atoms with Gasteiger partial charge in [-0.25, -0.2) is 4.90 Å². The number of carbonyl (C=O) groups excluding carboxylic acids is 2. The Hall–Kier alpha value is -2.62. The molecule has 4 heteroatoms. The third kappa shape index (κ3) is 2.68. The highest BCUT2D eigenvalue weighted by Crippen LogP contribution is 2.31. The molecule has 1 aliphatic rings. The fourth-order valence-corrected chi connectivity index (χ4v) is 3.35. The summed E-state index contributed by atoms with van der Waals surface area (Å²) in [5.41, 5.74) is 5.67. The van der Waals surface area contributed by atoms with Gasteiger partial charge in [0.15, 0.2) is 0 Å². The number of imide groups is 1. The summed E-state index contributed by atoms with van der Waals surface area (Å²) in [4.78, 5) is 26.8. The lowest BCUT2D eigenvalue weighted by molar-refractivity contribution is -0.121. The van der Waals surface area contributed by atoms with Crippen LogP contribution in [0.5, 0.6) is 0 Å². The molecular weight excluding hydrogens is 300 g/mol. The van der Waals surface area contributed by atoms with Crippen LogP contribution in [-0.2, 0) is 9.59 Å². The monoisotopic (exact) mass is 322 g/mol. The first kappa shape index (κ1) is 16.2. The van der Waals surface area contributed by atoms with Crippen LogP contribution in [-0.4, -0.2) is 17.9 Å². The fourth-order valence-electron chi connectivity index (χ4n) is 3.35. The van der Waals surface area contributed by atoms with E-state index in [0.29, 0.717) is 0 Å². The van der Waals surface area contributed by atoms with E-state index in [1.165, 1.54) is 4.90 Å². The zero-order valence-electron chi connectivity index (χ0n) is 14.5. The molecule has 0 bridgehead atoms. The number of anilines is 2. The molecule has 2 aromatic carbocycles. The zero-order valence-corrected chi connectivity index (χ0v) is 14.5. The highest BCUT2D eigenvalue weighted by atomic mass is 16.2. The van der Waals surface area contributed by atoms with Crippen LogP contribution in [0.2, 0.25) is 0 Å². The first-order valence-electron chi connectivity index (χ1n) is 8.16. The summed E-state index contributed by atoms with van der Waals surface area (Å²) < 4.78 is 0. The summed E-state index contributed by atoms with van der Waals surface area (Å²) in [6.07, 6.45) is 0.181. The molecule has 1 aliphatic heterocycles. The van der Waals surface area contributed by atoms with Crippen molar-refractivity contribution in [1.29, 1.82) is 0 Å². The van der Waals surface area contributed by atoms with Crippen molar-refractivity contribution in [3.63, 3.8) is 0 Å². The molecule has 124 valence electrons. The molecule has 1 atom stereocenters. The summed E-state index contributed by atoms with van der Waals surface area (Å²) in [6, 6.07) is 11.3. The number of hydrogen-bond donors (Lipinski definition) is 1. The Kier molecular flexibility index (Phi) is 4.14. The van der Waals surface area contributed by atoms with Crippen LogP contribution in [0.15, 0.2) is 36.4 Å². The molecule has 1 N–H and O–H groups in total. The minimum absolute atomic E-state index is 0.152. The van der Waals surface area contributed by atoms with Crippen molar-refractivity contribution in [2.45, 2.75) is 40.2 Å². The summed E-state index contributed by atoms with van der Waals surface area (Å²) in [5, 5.41) is 3.28. The smallest absolute Gasteiger partial charge is 0.256 e. The van der Waals surface area contributed by atoms with E-state index in [1.54, 1.807) is 0 Å². The molecular formula is C20H22N2O2. The topological polar surface area (TPSA) is 49.4 Å². The van der Waals surface area contributed by atoms with E-state index >= 15 is 0 Å². The van der Waals surface area contributed by atoms with Crippen molar-refractivity contribution in [1.82, 2.24) is 0 Å². The highest BCUT2D eigenvalue weighted by molar-refractivity contribution is 6.23. The molecule has 4 nitrogen and oxygen atoms in total. The molecule has 0 aliphatic carbocycles. The van der Waals surface area contributed by atoms with Gasteiger partial charge in [-0.2, -0.15) is 0 Å². The van der Waals surface area contributed by atoms with Crippen molar-refractivity contribution in [2.75, 3.05) is 10.2 Å². The van der Waals surface area contributed by atoms with Gasteiger partial charge >= 0.3 is 0 Å². The maximum absolute atomic E-state index is 12.9. The molecule has 1 saturated heterocycles. The lowest BCUT2D eigenvalue weighted by atomic mass is 10.1. The summed E-state index contributed by atoms with van der Waals surface area (Å²) in [6.45, 7) is 7.85. The SMILES string of the molecule is Cc1cccc(C)c1N[C@@H]1CC(=O)N(c2c(C)cccc2C)C1=O. The standard InChI is InChI=1S/C20H22N2O2/c1-12-7-5-8-13(2)18(12)21-16-11-17(23)22(20(16)24)19-14(3)9-6-10-15(19)4/h5-10,16,21H,11H2,1-4H3/t16-/m1/s1. The van der Waals surface area contributed by atoms with E-state index in [-0.39, 0.29) is 18.2 Å². The Morgan fingerprint density at radius 2 is 1.38 bits per heavy atom. The molecule has 0 radical (unpaired) electrons. The average molecular weight is 322 g/mol. The number of hydrogen-bond acceptors (Lipinski definition) is 3. The van der Waals surface area contributed by atoms with E-state index in [4.69, 9.17) is 0 Å². The van der Waals surface area contributed by atoms with Gasteiger partial charge in [0.25, 0.3) is 5.91 Å². The van der Waals surface area contributed by atoms with Gasteiger partial charge in [0, 0.05) is 5.69 Å². The second-order valence-corrected chi connectivity index (χ2v) is 6.48. The van der Waals surface area contributed by atoms with E-state index in [2.05, 4.69) is 5.32 Å². The fraction of sp³-hybridized carbons (Fsp3) is 0.300. The lowest BCUT2D eigenvalue weighted by Gasteiger charge is -2.21. The van der Waals surface area contributed by atoms with Crippen molar-refractivity contribution < 1.29 is 9.59 Å². The number of carbonyl (C=O) groups is 2. The zero-order chi connectivity index (χ0) is 17.4. The highest BCUT2D eigenvalue weighted by Gasteiger charge is 2.40. The normalized spacial score (nSPS) is 17.5. The van der Waals surface area contributed by atoms with Crippen LogP contribution in [0.4, 0.5) is 11.4 Å². The number of para-hydroxylation sites is 2. The van der Waals surface area contributed by atoms with Crippen molar-refractivity contribution >= 4 is 23.2 Å². The molecule has 24 heavy (non-hydrogen) atoms. The Labute approximate surface area is 142 Å². The van der Waals surface area contributed by atoms with E-state index in [1.807, 2.05) is 64.1 Å². The minimum atomic E-state index is -0.517. The first-order valence-corrected chi connectivity index (χ1v) is 8.16. The Bertz CT molecular complexity index is 786. The molecule has 0 saturated carbocycles. The molecule has 1 heterocycles. The third-order valence-electron chi connectivity index (χ3n) is 4.61. The summed E-state index contributed by atoms with van der Waals surface area (Å²) in [5.74, 6) is -0.332. The minimum Gasteiger partial charge on any atom is -0.373 e. The quantitative estimate of drug-likeness (QED) is 0.877. The molecule has 1 fully saturated rings. The predicted octanol–water partition coefficient (Wildman–Crippen LogP) is 3.66. The second-order valence-electron chi connectivity index (χ2n) is 6.48. The van der Waals surface area contributed by atoms with Gasteiger partial charge in [0.2, 0.25) is 5.91 Å². The van der Waals surface area contributed by atoms with E-state index in [9.17, 15) is 9.59 Å². The maximum atomic E-state index is 12.9. The number of rotatable bonds is 3. The number of nitrogens with one attached hydrogen (secondary N) is 1. The van der Waals surface area contributed by atoms with Crippen LogP contribution in [0.25, 0.3) is 0 Å². The molecule has 3 rings (SSSR count). The van der Waals surface area contributed by atoms with Crippen LogP contribution >= 0.6 is 0 Å². The second kappa shape index (κ2) is 6.11. The molecule has 0 aromatic heterocycles. The summed E-state index contributed by atoms with van der Waals surface area (Å²) >= 11 is 0. The Morgan fingerprint density at radius 3 is 1.92 bits per heavy atom. The van der Waals surface area contributed by atoms with Crippen LogP contribution in [0.1, 0.15) is 28.7 Å². The van der Waals surface area contributed by atoms with Gasteiger partial charge in [-0.05, 0) is 49.9 Å². The van der Waals surface area contributed by atoms with Crippen LogP contribution in [0, 0.1) is 27.7 Å². The molecule has 0 unspecified atom stereocenters. The van der Waals surface area contributed by atoms with Crippen molar-refractivity contribution in [2.24, 2.45) is 0 Å². The van der Waals surface area contributed by atoms with Gasteiger partial charge < -0.3 is 5.32 Å². The van der Waals surface area contributed by atoms with Crippen LogP contribution in [0.3, 0.4) is 0 Å². The Morgan fingerprint density at radius 1 is 0.875 bits per heavy atom. The third-order valence-corrected chi connectivity index (χ3v) is 4.61. The molecule has 0 spiro atoms. The van der Waals surface area contributed by atoms with Gasteiger partial charge in [0.05, 0.1) is 12.1 Å². The van der Waals surface area contributed by atoms with Crippen LogP contribution < -0.4 is 10.2 Å². The van der Waals surface area contributed by atoms with E-state index in [0.717, 1.165) is 33.6 Å². The number of nitrogens with zero attached hydrogens (tertiary/aromatic N) is 1. The number of amides is 2. The van der Waals surface area contributed by atoms with Gasteiger partial charge in [-0.3, -0.25) is 9.59 Å². The van der Waals surface area contributed by atoms with Gasteiger partial charge in [0.1, 0.15) is 6.04 Å². The molecule has 2 aromatic rings. The number of benzene rings is 2. The number of aryl methyl sites for hydroxylation is 4. The van der Waals surface area contributed by atoms with Gasteiger partial charge in [-0.15, -0.1) is 0 Å². The van der Waals surface area contributed by atoms with Gasteiger partial charge in [-0.1, -0.05) is 36.4 Å². The van der Waals surface area contributed by atoms with Crippen molar-refractivity contribution in [3.05, 3.63) is 58.7 Å². The Balaban J connectivity index is 1.93. The largest absolute Gasteiger partial charge is 0.373 e. The first-order chi connectivity index (χ1) is 11.4. The van der Waals surface area contributed by atoms with E-state index < -0.39 is 6.04 Å². The average Bonchev–Trinajstić information content (AvgIpc) is 2.78. The summed E-state index contributed by atoms with van der Waals surface area (Å²) in [7, 11) is 0. The predicted molar refractivity (Wildman–Crippen MR) is 96.4 cm³/mol. The lowest BCUT2D eigenvalue weighted by Crippen LogP contribution is -2.36. The maximum Gasteiger partial charge on any atom is 0.256 e. The van der Waals surface area contributed by atoms with Crippen molar-refractivity contribution in [3.8, 4) is 0 Å². The molecule has 2 amide bonds.